The molecule has 0 aliphatic heterocycles. The number of unbranched alkanes of at least 4 members (excludes halogenated alkanes) is 33. The van der Waals surface area contributed by atoms with E-state index in [2.05, 4.69) is 86.8 Å². The molecule has 6 nitrogen and oxygen atoms in total. The van der Waals surface area contributed by atoms with Crippen LogP contribution in [0.5, 0.6) is 0 Å². The molecule has 0 saturated carbocycles. The largest absolute Gasteiger partial charge is 0.462 e. The number of esters is 1. The van der Waals surface area contributed by atoms with Gasteiger partial charge in [-0.25, -0.2) is 0 Å². The van der Waals surface area contributed by atoms with Crippen LogP contribution in [0.1, 0.15) is 310 Å². The lowest BCUT2D eigenvalue weighted by Crippen LogP contribution is -2.46. The van der Waals surface area contributed by atoms with Gasteiger partial charge in [-0.05, 0) is 96.3 Å². The van der Waals surface area contributed by atoms with Crippen LogP contribution in [-0.4, -0.2) is 46.9 Å². The second kappa shape index (κ2) is 57.5. The number of hydrogen-bond donors (Lipinski definition) is 3. The molecule has 0 aromatic heterocycles. The van der Waals surface area contributed by atoms with Crippen LogP contribution < -0.4 is 5.32 Å². The molecule has 70 heavy (non-hydrogen) atoms. The molecular weight excluding hydrogens is 863 g/mol. The van der Waals surface area contributed by atoms with Gasteiger partial charge in [-0.3, -0.25) is 9.59 Å². The normalized spacial score (nSPS) is 13.5. The SMILES string of the molecule is CCCCC/C=C\C/C=C\C/C=C\CCCCCCC(CC(=O)NC(CO)C(O)CCCCCCCCCCCCCCCCCCC)OC(=O)CCCCCCCCC/C=C\C/C=C\CCCCC. The Morgan fingerprint density at radius 2 is 0.729 bits per heavy atom. The van der Waals surface area contributed by atoms with E-state index in [1.165, 1.54) is 167 Å². The Labute approximate surface area is 435 Å². The van der Waals surface area contributed by atoms with Gasteiger partial charge in [0.1, 0.15) is 6.10 Å². The van der Waals surface area contributed by atoms with Crippen molar-refractivity contribution in [1.82, 2.24) is 5.32 Å². The Morgan fingerprint density at radius 3 is 1.13 bits per heavy atom. The molecule has 0 bridgehead atoms. The molecule has 0 aromatic carbocycles. The van der Waals surface area contributed by atoms with E-state index in [-0.39, 0.29) is 24.9 Å². The summed E-state index contributed by atoms with van der Waals surface area (Å²) in [5.41, 5.74) is 0. The molecule has 3 atom stereocenters. The lowest BCUT2D eigenvalue weighted by molar-refractivity contribution is -0.151. The van der Waals surface area contributed by atoms with E-state index >= 15 is 0 Å². The highest BCUT2D eigenvalue weighted by Gasteiger charge is 2.24. The molecule has 1 amide bonds. The zero-order valence-corrected chi connectivity index (χ0v) is 46.7. The third-order valence-corrected chi connectivity index (χ3v) is 13.8. The molecule has 0 spiro atoms. The Bertz CT molecular complexity index is 1240. The number of carbonyl (C=O) groups is 2. The first-order valence-corrected chi connectivity index (χ1v) is 30.5. The Hall–Kier alpha value is -2.44. The van der Waals surface area contributed by atoms with Gasteiger partial charge in [0.15, 0.2) is 0 Å². The standard InChI is InChI=1S/C64H117NO5/c1-4-7-10-13-16-19-22-25-28-31-34-37-40-43-46-49-52-55-60(70-64(69)57-54-51-48-45-42-39-36-33-30-27-24-21-18-15-12-9-6-3)58-63(68)65-61(59-66)62(67)56-53-50-47-44-41-38-35-32-29-26-23-20-17-14-11-8-5-2/h16,18-19,21,25,27-28,30,34,37,60-62,66-67H,4-15,17,20,22-24,26,29,31-33,35-36,38-59H2,1-3H3,(H,65,68)/b19-16-,21-18-,28-25-,30-27-,37-34-. The van der Waals surface area contributed by atoms with Gasteiger partial charge in [0.2, 0.25) is 5.91 Å². The van der Waals surface area contributed by atoms with Gasteiger partial charge in [0, 0.05) is 6.42 Å². The summed E-state index contributed by atoms with van der Waals surface area (Å²) in [7, 11) is 0. The van der Waals surface area contributed by atoms with E-state index in [4.69, 9.17) is 4.74 Å². The maximum absolute atomic E-state index is 13.3. The minimum Gasteiger partial charge on any atom is -0.462 e. The lowest BCUT2D eigenvalue weighted by Gasteiger charge is -2.24. The maximum atomic E-state index is 13.3. The van der Waals surface area contributed by atoms with Gasteiger partial charge in [-0.15, -0.1) is 0 Å². The van der Waals surface area contributed by atoms with E-state index in [1.807, 2.05) is 0 Å². The van der Waals surface area contributed by atoms with E-state index in [0.717, 1.165) is 96.3 Å². The Kier molecular flexibility index (Phi) is 55.5. The molecule has 6 heteroatoms. The zero-order chi connectivity index (χ0) is 50.9. The minimum atomic E-state index is -0.798. The first-order valence-electron chi connectivity index (χ1n) is 30.5. The summed E-state index contributed by atoms with van der Waals surface area (Å²) in [6.07, 6.45) is 72.8. The van der Waals surface area contributed by atoms with Crippen LogP contribution in [0.4, 0.5) is 0 Å². The van der Waals surface area contributed by atoms with Crippen molar-refractivity contribution < 1.29 is 24.5 Å². The van der Waals surface area contributed by atoms with Crippen molar-refractivity contribution in [1.29, 1.82) is 0 Å². The summed E-state index contributed by atoms with van der Waals surface area (Å²) in [5, 5.41) is 23.9. The summed E-state index contributed by atoms with van der Waals surface area (Å²) in [6, 6.07) is -0.714. The van der Waals surface area contributed by atoms with Gasteiger partial charge >= 0.3 is 5.97 Å². The van der Waals surface area contributed by atoms with E-state index < -0.39 is 18.2 Å². The van der Waals surface area contributed by atoms with Gasteiger partial charge < -0.3 is 20.3 Å². The number of aliphatic hydroxyl groups excluding tert-OH is 2. The number of hydrogen-bond acceptors (Lipinski definition) is 5. The molecule has 0 saturated heterocycles. The number of aliphatic hydroxyl groups is 2. The molecule has 0 radical (unpaired) electrons. The van der Waals surface area contributed by atoms with Crippen LogP contribution in [0.2, 0.25) is 0 Å². The highest BCUT2D eigenvalue weighted by atomic mass is 16.5. The molecule has 0 aromatic rings. The Balaban J connectivity index is 4.59. The first-order chi connectivity index (χ1) is 34.5. The van der Waals surface area contributed by atoms with Crippen molar-refractivity contribution in [3.05, 3.63) is 60.8 Å². The molecule has 0 heterocycles. The van der Waals surface area contributed by atoms with Crippen LogP contribution in [0.25, 0.3) is 0 Å². The predicted molar refractivity (Wildman–Crippen MR) is 305 cm³/mol. The quantitative estimate of drug-likeness (QED) is 0.0321. The second-order valence-electron chi connectivity index (χ2n) is 20.7. The molecule has 408 valence electrons. The van der Waals surface area contributed by atoms with Crippen LogP contribution in [0.3, 0.4) is 0 Å². The van der Waals surface area contributed by atoms with E-state index in [9.17, 15) is 19.8 Å². The number of rotatable bonds is 55. The first kappa shape index (κ1) is 67.6. The van der Waals surface area contributed by atoms with Crippen LogP contribution in [-0.2, 0) is 14.3 Å². The fourth-order valence-corrected chi connectivity index (χ4v) is 9.18. The van der Waals surface area contributed by atoms with Gasteiger partial charge in [-0.2, -0.15) is 0 Å². The predicted octanol–water partition coefficient (Wildman–Crippen LogP) is 19.1. The number of amides is 1. The third-order valence-electron chi connectivity index (χ3n) is 13.8. The molecule has 0 fully saturated rings. The van der Waals surface area contributed by atoms with Crippen LogP contribution >= 0.6 is 0 Å². The third kappa shape index (κ3) is 51.9. The molecular formula is C64H117NO5. The maximum Gasteiger partial charge on any atom is 0.306 e. The average Bonchev–Trinajstić information content (AvgIpc) is 3.35. The lowest BCUT2D eigenvalue weighted by atomic mass is 10.0. The van der Waals surface area contributed by atoms with Crippen molar-refractivity contribution in [2.24, 2.45) is 0 Å². The smallest absolute Gasteiger partial charge is 0.306 e. The molecule has 0 rings (SSSR count). The molecule has 0 aliphatic rings. The second-order valence-corrected chi connectivity index (χ2v) is 20.7. The number of ether oxygens (including phenoxy) is 1. The van der Waals surface area contributed by atoms with Crippen LogP contribution in [0.15, 0.2) is 60.8 Å². The summed E-state index contributed by atoms with van der Waals surface area (Å²) in [5.74, 6) is -0.495. The van der Waals surface area contributed by atoms with Crippen molar-refractivity contribution in [3.8, 4) is 0 Å². The fourth-order valence-electron chi connectivity index (χ4n) is 9.18. The van der Waals surface area contributed by atoms with Crippen molar-refractivity contribution in [2.75, 3.05) is 6.61 Å². The summed E-state index contributed by atoms with van der Waals surface area (Å²) >= 11 is 0. The van der Waals surface area contributed by atoms with Gasteiger partial charge in [0.25, 0.3) is 0 Å². The monoisotopic (exact) mass is 980 g/mol. The minimum absolute atomic E-state index is 0.0594. The number of carbonyl (C=O) groups excluding carboxylic acids is 2. The van der Waals surface area contributed by atoms with E-state index in [0.29, 0.717) is 19.3 Å². The summed E-state index contributed by atoms with van der Waals surface area (Å²) < 4.78 is 5.96. The highest BCUT2D eigenvalue weighted by molar-refractivity contribution is 5.77. The Morgan fingerprint density at radius 1 is 0.414 bits per heavy atom. The summed E-state index contributed by atoms with van der Waals surface area (Å²) in [6.45, 7) is 6.46. The van der Waals surface area contributed by atoms with Gasteiger partial charge in [0.05, 0.1) is 25.2 Å². The molecule has 3 unspecified atom stereocenters. The fraction of sp³-hybridized carbons (Fsp3) is 0.812. The van der Waals surface area contributed by atoms with Gasteiger partial charge in [-0.1, -0.05) is 261 Å². The number of allylic oxidation sites excluding steroid dienone is 10. The number of nitrogens with one attached hydrogen (secondary N) is 1. The molecule has 0 aliphatic carbocycles. The van der Waals surface area contributed by atoms with E-state index in [1.54, 1.807) is 0 Å². The zero-order valence-electron chi connectivity index (χ0n) is 46.7. The average molecular weight is 981 g/mol. The molecule has 3 N–H and O–H groups in total. The van der Waals surface area contributed by atoms with Crippen molar-refractivity contribution >= 4 is 11.9 Å². The van der Waals surface area contributed by atoms with Crippen molar-refractivity contribution in [3.63, 3.8) is 0 Å². The highest BCUT2D eigenvalue weighted by Crippen LogP contribution is 2.18. The summed E-state index contributed by atoms with van der Waals surface area (Å²) in [4.78, 5) is 26.3. The van der Waals surface area contributed by atoms with Crippen molar-refractivity contribution in [2.45, 2.75) is 328 Å². The van der Waals surface area contributed by atoms with Crippen LogP contribution in [0, 0.1) is 0 Å². The topological polar surface area (TPSA) is 95.9 Å².